The van der Waals surface area contributed by atoms with Gasteiger partial charge in [-0.25, -0.2) is 0 Å². The topological polar surface area (TPSA) is 55.1 Å². The third-order valence-corrected chi connectivity index (χ3v) is 3.63. The summed E-state index contributed by atoms with van der Waals surface area (Å²) >= 11 is 5.92. The molecule has 0 bridgehead atoms. The van der Waals surface area contributed by atoms with E-state index in [1.165, 1.54) is 0 Å². The predicted octanol–water partition coefficient (Wildman–Crippen LogP) is 2.40. The minimum Gasteiger partial charge on any atom is -0.348 e. The monoisotopic (exact) mass is 252 g/mol. The number of hydrogen-bond acceptors (Lipinski definition) is 2. The molecular weight excluding hydrogens is 236 g/mol. The van der Waals surface area contributed by atoms with Gasteiger partial charge in [-0.2, -0.15) is 0 Å². The molecule has 1 saturated carbocycles. The molecule has 3 nitrogen and oxygen atoms in total. The molecule has 0 heterocycles. The third-order valence-electron chi connectivity index (χ3n) is 3.39. The average Bonchev–Trinajstić information content (AvgIpc) is 2.25. The SMILES string of the molecule is C[C@@H](NC(=O)C1(N)CCC1)c1cccc(Cl)c1. The van der Waals surface area contributed by atoms with Crippen molar-refractivity contribution in [1.82, 2.24) is 5.32 Å². The Labute approximate surface area is 106 Å². The van der Waals surface area contributed by atoms with E-state index >= 15 is 0 Å². The second-order valence-corrected chi connectivity index (χ2v) is 5.20. The zero-order valence-corrected chi connectivity index (χ0v) is 10.6. The molecule has 3 N–H and O–H groups in total. The molecule has 2 rings (SSSR count). The number of nitrogens with two attached hydrogens (primary N) is 1. The number of amides is 1. The van der Waals surface area contributed by atoms with Crippen molar-refractivity contribution in [3.8, 4) is 0 Å². The Hall–Kier alpha value is -1.06. The van der Waals surface area contributed by atoms with E-state index in [-0.39, 0.29) is 11.9 Å². The molecule has 17 heavy (non-hydrogen) atoms. The van der Waals surface area contributed by atoms with Crippen molar-refractivity contribution < 1.29 is 4.79 Å². The van der Waals surface area contributed by atoms with Gasteiger partial charge in [0.25, 0.3) is 0 Å². The summed E-state index contributed by atoms with van der Waals surface area (Å²) in [6, 6.07) is 7.43. The van der Waals surface area contributed by atoms with Gasteiger partial charge < -0.3 is 11.1 Å². The van der Waals surface area contributed by atoms with Gasteiger partial charge in [-0.15, -0.1) is 0 Å². The summed E-state index contributed by atoms with van der Waals surface area (Å²) in [7, 11) is 0. The molecule has 0 radical (unpaired) electrons. The normalized spacial score (nSPS) is 19.2. The Bertz CT molecular complexity index is 429. The Morgan fingerprint density at radius 2 is 2.24 bits per heavy atom. The highest BCUT2D eigenvalue weighted by Crippen LogP contribution is 2.30. The minimum absolute atomic E-state index is 0.0591. The first kappa shape index (κ1) is 12.4. The van der Waals surface area contributed by atoms with Crippen LogP contribution in [0.15, 0.2) is 24.3 Å². The van der Waals surface area contributed by atoms with Gasteiger partial charge in [0.1, 0.15) is 0 Å². The molecule has 0 aliphatic heterocycles. The van der Waals surface area contributed by atoms with Crippen molar-refractivity contribution in [3.05, 3.63) is 34.9 Å². The molecule has 1 atom stereocenters. The molecule has 0 aromatic heterocycles. The number of carbonyl (C=O) groups is 1. The van der Waals surface area contributed by atoms with Gasteiger partial charge in [-0.3, -0.25) is 4.79 Å². The third kappa shape index (κ3) is 2.61. The quantitative estimate of drug-likeness (QED) is 0.868. The van der Waals surface area contributed by atoms with Crippen LogP contribution in [0.4, 0.5) is 0 Å². The molecule has 1 fully saturated rings. The van der Waals surface area contributed by atoms with Gasteiger partial charge in [0.2, 0.25) is 5.91 Å². The first-order chi connectivity index (χ1) is 8.01. The standard InChI is InChI=1S/C13H17ClN2O/c1-9(10-4-2-5-11(14)8-10)16-12(17)13(15)6-3-7-13/h2,4-5,8-9H,3,6-7,15H2,1H3,(H,16,17)/t9-/m1/s1. The van der Waals surface area contributed by atoms with E-state index in [4.69, 9.17) is 17.3 Å². The smallest absolute Gasteiger partial charge is 0.240 e. The zero-order valence-electron chi connectivity index (χ0n) is 9.87. The number of rotatable bonds is 3. The fourth-order valence-electron chi connectivity index (χ4n) is 1.98. The summed E-state index contributed by atoms with van der Waals surface area (Å²) in [6.07, 6.45) is 2.59. The first-order valence-corrected chi connectivity index (χ1v) is 6.24. The van der Waals surface area contributed by atoms with Crippen LogP contribution in [0.25, 0.3) is 0 Å². The number of hydrogen-bond donors (Lipinski definition) is 2. The summed E-state index contributed by atoms with van der Waals surface area (Å²) in [6.45, 7) is 1.94. The van der Waals surface area contributed by atoms with E-state index in [9.17, 15) is 4.79 Å². The molecule has 4 heteroatoms. The fourth-order valence-corrected chi connectivity index (χ4v) is 2.18. The predicted molar refractivity (Wildman–Crippen MR) is 68.8 cm³/mol. The summed E-state index contributed by atoms with van der Waals surface area (Å²) in [4.78, 5) is 11.9. The first-order valence-electron chi connectivity index (χ1n) is 5.86. The number of carbonyl (C=O) groups excluding carboxylic acids is 1. The maximum Gasteiger partial charge on any atom is 0.240 e. The van der Waals surface area contributed by atoms with E-state index in [0.717, 1.165) is 24.8 Å². The van der Waals surface area contributed by atoms with Crippen molar-refractivity contribution in [2.45, 2.75) is 37.8 Å². The van der Waals surface area contributed by atoms with Gasteiger partial charge in [0, 0.05) is 5.02 Å². The van der Waals surface area contributed by atoms with E-state index in [1.807, 2.05) is 31.2 Å². The lowest BCUT2D eigenvalue weighted by Crippen LogP contribution is -2.58. The van der Waals surface area contributed by atoms with Crippen LogP contribution in [0.2, 0.25) is 5.02 Å². The van der Waals surface area contributed by atoms with Gasteiger partial charge in [0.05, 0.1) is 11.6 Å². The number of nitrogens with one attached hydrogen (secondary N) is 1. The largest absolute Gasteiger partial charge is 0.348 e. The van der Waals surface area contributed by atoms with Crippen LogP contribution in [0.1, 0.15) is 37.8 Å². The summed E-state index contributed by atoms with van der Waals surface area (Å²) in [5.41, 5.74) is 6.31. The molecular formula is C13H17ClN2O. The van der Waals surface area contributed by atoms with Crippen LogP contribution in [0.5, 0.6) is 0 Å². The van der Waals surface area contributed by atoms with Crippen molar-refractivity contribution in [3.63, 3.8) is 0 Å². The summed E-state index contributed by atoms with van der Waals surface area (Å²) in [5, 5.41) is 3.62. The maximum atomic E-state index is 11.9. The van der Waals surface area contributed by atoms with E-state index in [1.54, 1.807) is 0 Å². The van der Waals surface area contributed by atoms with Crippen molar-refractivity contribution in [1.29, 1.82) is 0 Å². The second kappa shape index (κ2) is 4.67. The lowest BCUT2D eigenvalue weighted by molar-refractivity contribution is -0.129. The summed E-state index contributed by atoms with van der Waals surface area (Å²) < 4.78 is 0. The molecule has 92 valence electrons. The zero-order chi connectivity index (χ0) is 12.5. The van der Waals surface area contributed by atoms with Gasteiger partial charge in [0.15, 0.2) is 0 Å². The van der Waals surface area contributed by atoms with Crippen LogP contribution < -0.4 is 11.1 Å². The number of benzene rings is 1. The Kier molecular flexibility index (Phi) is 3.40. The molecule has 0 saturated heterocycles. The molecule has 1 aromatic carbocycles. The van der Waals surface area contributed by atoms with Crippen LogP contribution >= 0.6 is 11.6 Å². The van der Waals surface area contributed by atoms with Crippen molar-refractivity contribution in [2.75, 3.05) is 0 Å². The lowest BCUT2D eigenvalue weighted by atomic mass is 9.77. The fraction of sp³-hybridized carbons (Fsp3) is 0.462. The van der Waals surface area contributed by atoms with Crippen LogP contribution in [-0.2, 0) is 4.79 Å². The highest BCUT2D eigenvalue weighted by Gasteiger charge is 2.40. The highest BCUT2D eigenvalue weighted by molar-refractivity contribution is 6.30. The van der Waals surface area contributed by atoms with Crippen LogP contribution in [0.3, 0.4) is 0 Å². The Morgan fingerprint density at radius 1 is 1.53 bits per heavy atom. The Balaban J connectivity index is 2.01. The molecule has 0 unspecified atom stereocenters. The van der Waals surface area contributed by atoms with Crippen LogP contribution in [0, 0.1) is 0 Å². The van der Waals surface area contributed by atoms with E-state index in [2.05, 4.69) is 5.32 Å². The van der Waals surface area contributed by atoms with Gasteiger partial charge in [-0.1, -0.05) is 23.7 Å². The van der Waals surface area contributed by atoms with Crippen LogP contribution in [-0.4, -0.2) is 11.4 Å². The lowest BCUT2D eigenvalue weighted by Gasteiger charge is -2.37. The molecule has 1 amide bonds. The molecule has 0 spiro atoms. The van der Waals surface area contributed by atoms with E-state index in [0.29, 0.717) is 5.02 Å². The minimum atomic E-state index is -0.646. The maximum absolute atomic E-state index is 11.9. The average molecular weight is 253 g/mol. The summed E-state index contributed by atoms with van der Waals surface area (Å²) in [5.74, 6) is -0.0591. The number of halogens is 1. The van der Waals surface area contributed by atoms with Crippen molar-refractivity contribution >= 4 is 17.5 Å². The molecule has 1 aliphatic rings. The van der Waals surface area contributed by atoms with Gasteiger partial charge in [-0.05, 0) is 43.9 Å². The highest BCUT2D eigenvalue weighted by atomic mass is 35.5. The molecule has 1 aromatic rings. The van der Waals surface area contributed by atoms with E-state index < -0.39 is 5.54 Å². The van der Waals surface area contributed by atoms with Gasteiger partial charge >= 0.3 is 0 Å². The molecule has 1 aliphatic carbocycles. The Morgan fingerprint density at radius 3 is 2.76 bits per heavy atom. The second-order valence-electron chi connectivity index (χ2n) is 4.76. The van der Waals surface area contributed by atoms with Crippen molar-refractivity contribution in [2.24, 2.45) is 5.73 Å².